The zero-order valence-electron chi connectivity index (χ0n) is 18.9. The molecule has 7 nitrogen and oxygen atoms in total. The highest BCUT2D eigenvalue weighted by Crippen LogP contribution is 2.48. The second kappa shape index (κ2) is 8.41. The van der Waals surface area contributed by atoms with Gasteiger partial charge in [0.05, 0.1) is 24.6 Å². The Bertz CT molecular complexity index is 1320. The Labute approximate surface area is 195 Å². The van der Waals surface area contributed by atoms with Gasteiger partial charge < -0.3 is 14.0 Å². The number of rotatable bonds is 6. The number of carbonyl (C=O) groups is 1. The van der Waals surface area contributed by atoms with E-state index in [1.165, 1.54) is 4.88 Å². The van der Waals surface area contributed by atoms with Crippen LogP contribution in [-0.2, 0) is 11.2 Å². The molecular formula is C25H26N2O5S. The minimum atomic E-state index is -0.603. The van der Waals surface area contributed by atoms with Crippen LogP contribution >= 0.6 is 11.3 Å². The van der Waals surface area contributed by atoms with E-state index in [1.54, 1.807) is 37.6 Å². The molecule has 33 heavy (non-hydrogen) atoms. The first-order chi connectivity index (χ1) is 16.0. The van der Waals surface area contributed by atoms with Crippen LogP contribution in [0.15, 0.2) is 34.4 Å². The van der Waals surface area contributed by atoms with Crippen LogP contribution in [0.2, 0.25) is 0 Å². The molecule has 2 aliphatic carbocycles. The van der Waals surface area contributed by atoms with Gasteiger partial charge in [-0.2, -0.15) is 4.91 Å². The molecule has 1 aromatic carbocycles. The van der Waals surface area contributed by atoms with Gasteiger partial charge >= 0.3 is 5.97 Å². The maximum absolute atomic E-state index is 13.2. The molecule has 172 valence electrons. The number of ether oxygens (including phenoxy) is 2. The topological polar surface area (TPSA) is 87.0 Å². The fourth-order valence-corrected chi connectivity index (χ4v) is 6.06. The van der Waals surface area contributed by atoms with E-state index in [0.717, 1.165) is 41.7 Å². The number of hydrogen-bond donors (Lipinski definition) is 0. The number of fused-ring (bicyclic) bond motifs is 2. The Kier molecular flexibility index (Phi) is 5.56. The Morgan fingerprint density at radius 3 is 2.73 bits per heavy atom. The molecule has 0 aliphatic heterocycles. The minimum absolute atomic E-state index is 0.0477. The Morgan fingerprint density at radius 2 is 2.06 bits per heavy atom. The third-order valence-corrected chi connectivity index (χ3v) is 7.94. The molecule has 2 aliphatic rings. The van der Waals surface area contributed by atoms with Crippen molar-refractivity contribution in [2.45, 2.75) is 51.6 Å². The van der Waals surface area contributed by atoms with Crippen LogP contribution in [-0.4, -0.2) is 24.3 Å². The lowest BCUT2D eigenvalue weighted by molar-refractivity contribution is 0.0524. The maximum Gasteiger partial charge on any atom is 0.343 e. The highest BCUT2D eigenvalue weighted by Gasteiger charge is 2.32. The lowest BCUT2D eigenvalue weighted by atomic mass is 9.85. The van der Waals surface area contributed by atoms with E-state index in [0.29, 0.717) is 16.7 Å². The summed E-state index contributed by atoms with van der Waals surface area (Å²) in [4.78, 5) is 39.4. The number of aromatic nitrogens is 1. The summed E-state index contributed by atoms with van der Waals surface area (Å²) in [7, 11) is 1.60. The van der Waals surface area contributed by atoms with Gasteiger partial charge in [0.15, 0.2) is 5.75 Å². The Hall–Kier alpha value is -3.00. The predicted molar refractivity (Wildman–Crippen MR) is 128 cm³/mol. The van der Waals surface area contributed by atoms with Gasteiger partial charge in [-0.1, -0.05) is 12.1 Å². The summed E-state index contributed by atoms with van der Waals surface area (Å²) in [5.41, 5.74) is 2.27. The van der Waals surface area contributed by atoms with Crippen LogP contribution in [0.4, 0.5) is 0 Å². The van der Waals surface area contributed by atoms with E-state index in [1.807, 2.05) is 10.6 Å². The zero-order chi connectivity index (χ0) is 23.3. The van der Waals surface area contributed by atoms with Crippen molar-refractivity contribution in [3.8, 4) is 16.2 Å². The second-order valence-corrected chi connectivity index (χ2v) is 9.97. The highest BCUT2D eigenvalue weighted by atomic mass is 32.1. The van der Waals surface area contributed by atoms with E-state index in [-0.39, 0.29) is 35.6 Å². The average molecular weight is 467 g/mol. The average Bonchev–Trinajstić information content (AvgIpc) is 3.57. The highest BCUT2D eigenvalue weighted by molar-refractivity contribution is 7.15. The lowest BCUT2D eigenvalue weighted by Crippen LogP contribution is -2.21. The third-order valence-electron chi connectivity index (χ3n) is 6.69. The quantitative estimate of drug-likeness (QED) is 0.347. The summed E-state index contributed by atoms with van der Waals surface area (Å²) in [5, 5.41) is 3.84. The molecule has 2 unspecified atom stereocenters. The van der Waals surface area contributed by atoms with Crippen LogP contribution in [0.5, 0.6) is 5.75 Å². The minimum Gasteiger partial charge on any atom is -0.494 e. The molecule has 0 saturated heterocycles. The number of nitroso groups, excluding NO2 is 1. The molecule has 1 fully saturated rings. The molecule has 5 rings (SSSR count). The summed E-state index contributed by atoms with van der Waals surface area (Å²) >= 11 is 1.66. The fraction of sp³-hybridized carbons (Fsp3) is 0.440. The number of pyridine rings is 1. The maximum atomic E-state index is 13.2. The molecule has 2 heterocycles. The number of thiophene rings is 1. The first-order valence-corrected chi connectivity index (χ1v) is 12.2. The predicted octanol–water partition coefficient (Wildman–Crippen LogP) is 5.64. The second-order valence-electron chi connectivity index (χ2n) is 8.83. The van der Waals surface area contributed by atoms with Gasteiger partial charge in [-0.15, -0.1) is 11.3 Å². The summed E-state index contributed by atoms with van der Waals surface area (Å²) in [6, 6.07) is 5.58. The molecule has 3 aromatic rings. The number of esters is 1. The molecular weight excluding hydrogens is 440 g/mol. The largest absolute Gasteiger partial charge is 0.494 e. The molecule has 1 saturated carbocycles. The van der Waals surface area contributed by atoms with E-state index in [2.05, 4.69) is 18.2 Å². The summed E-state index contributed by atoms with van der Waals surface area (Å²) in [6.45, 7) is 4.00. The number of hydrogen-bond acceptors (Lipinski definition) is 7. The normalized spacial score (nSPS) is 19.8. The fourth-order valence-electron chi connectivity index (χ4n) is 4.82. The summed E-state index contributed by atoms with van der Waals surface area (Å²) in [5.74, 6) is 0.223. The number of carbonyl (C=O) groups excluding carboxylic acids is 1. The number of benzene rings is 1. The van der Waals surface area contributed by atoms with Crippen molar-refractivity contribution >= 4 is 28.2 Å². The number of methoxy groups -OCH3 is 1. The van der Waals surface area contributed by atoms with Crippen molar-refractivity contribution in [1.82, 2.24) is 4.57 Å². The zero-order valence-corrected chi connectivity index (χ0v) is 19.7. The van der Waals surface area contributed by atoms with Crippen molar-refractivity contribution in [2.24, 2.45) is 11.1 Å². The molecule has 0 radical (unpaired) electrons. The summed E-state index contributed by atoms with van der Waals surface area (Å²) in [6.07, 6.45) is 5.45. The molecule has 8 heteroatoms. The van der Waals surface area contributed by atoms with Crippen molar-refractivity contribution in [3.05, 3.63) is 55.5 Å². The van der Waals surface area contributed by atoms with E-state index < -0.39 is 5.97 Å². The van der Waals surface area contributed by atoms with Crippen molar-refractivity contribution in [2.75, 3.05) is 13.7 Å². The lowest BCUT2D eigenvalue weighted by Gasteiger charge is -2.22. The number of aryl methyl sites for hydroxylation is 1. The molecule has 0 spiro atoms. The molecule has 0 N–H and O–H groups in total. The first-order valence-electron chi connectivity index (χ1n) is 11.4. The smallest absolute Gasteiger partial charge is 0.343 e. The van der Waals surface area contributed by atoms with E-state index in [9.17, 15) is 14.5 Å². The van der Waals surface area contributed by atoms with Crippen molar-refractivity contribution in [1.29, 1.82) is 0 Å². The Balaban J connectivity index is 1.73. The monoisotopic (exact) mass is 466 g/mol. The van der Waals surface area contributed by atoms with Gasteiger partial charge in [0.1, 0.15) is 11.6 Å². The van der Waals surface area contributed by atoms with Crippen molar-refractivity contribution in [3.63, 3.8) is 0 Å². The van der Waals surface area contributed by atoms with Crippen LogP contribution < -0.4 is 10.2 Å². The first kappa shape index (κ1) is 21.8. The standard InChI is InChI=1S/C25H26N2O5S/c1-4-32-25(29)18-12-27(14-6-7-14)22-16(23(18)28)9-8-15(24(22)31-3)20-11-17-19(33-20)10-5-13(2)21(17)26-30/h8-9,11-14,21H,4-7,10H2,1-3H3. The third kappa shape index (κ3) is 3.57. The van der Waals surface area contributed by atoms with Gasteiger partial charge in [-0.05, 0) is 62.3 Å². The van der Waals surface area contributed by atoms with Gasteiger partial charge in [-0.3, -0.25) is 4.79 Å². The molecule has 2 atom stereocenters. The van der Waals surface area contributed by atoms with Crippen molar-refractivity contribution < 1.29 is 14.3 Å². The van der Waals surface area contributed by atoms with Crippen LogP contribution in [0.3, 0.4) is 0 Å². The SMILES string of the molecule is CCOC(=O)c1cn(C2CC2)c2c(OC)c(-c3cc4c(s3)CCC(C)C4N=O)ccc2c1=O. The van der Waals surface area contributed by atoms with Gasteiger partial charge in [-0.25, -0.2) is 4.79 Å². The van der Waals surface area contributed by atoms with Crippen LogP contribution in [0, 0.1) is 10.8 Å². The molecule has 0 amide bonds. The van der Waals surface area contributed by atoms with Crippen LogP contribution in [0.25, 0.3) is 21.3 Å². The van der Waals surface area contributed by atoms with Gasteiger partial charge in [0.2, 0.25) is 5.43 Å². The number of nitrogens with zero attached hydrogens (tertiary/aromatic N) is 2. The van der Waals surface area contributed by atoms with Gasteiger partial charge in [0.25, 0.3) is 0 Å². The van der Waals surface area contributed by atoms with E-state index >= 15 is 0 Å². The molecule has 2 aromatic heterocycles. The summed E-state index contributed by atoms with van der Waals surface area (Å²) < 4.78 is 13.0. The van der Waals surface area contributed by atoms with Gasteiger partial charge in [0, 0.05) is 27.6 Å². The van der Waals surface area contributed by atoms with E-state index in [4.69, 9.17) is 9.47 Å². The van der Waals surface area contributed by atoms with Crippen LogP contribution in [0.1, 0.15) is 66.0 Å². The molecule has 0 bridgehead atoms. The Morgan fingerprint density at radius 1 is 1.27 bits per heavy atom.